The fraction of sp³-hybridized carbons (Fsp3) is 0.778. The number of aliphatic hydroxyl groups excluding tert-OH is 2. The SMILES string of the molecule is CCCCCC1=CC(=O)C=C2[C@@H](C)C[C@@H]3[C@H](C(O)C[C@@]4(C)[C@H]3CC[C@@]4(O)C(=O)CO)[C@@]12C. The summed E-state index contributed by atoms with van der Waals surface area (Å²) < 4.78 is 0. The van der Waals surface area contributed by atoms with E-state index in [1.54, 1.807) is 0 Å². The van der Waals surface area contributed by atoms with Gasteiger partial charge in [-0.1, -0.05) is 51.7 Å². The molecule has 4 aliphatic rings. The van der Waals surface area contributed by atoms with Gasteiger partial charge in [-0.2, -0.15) is 0 Å². The molecule has 32 heavy (non-hydrogen) atoms. The third-order valence-electron chi connectivity index (χ3n) is 9.96. The van der Waals surface area contributed by atoms with Gasteiger partial charge in [-0.15, -0.1) is 0 Å². The number of fused-ring (bicyclic) bond motifs is 5. The van der Waals surface area contributed by atoms with Gasteiger partial charge in [0.1, 0.15) is 12.2 Å². The van der Waals surface area contributed by atoms with E-state index in [2.05, 4.69) is 20.8 Å². The summed E-state index contributed by atoms with van der Waals surface area (Å²) in [6.45, 7) is 7.85. The highest BCUT2D eigenvalue weighted by molar-refractivity contribution is 6.02. The van der Waals surface area contributed by atoms with Gasteiger partial charge in [-0.3, -0.25) is 9.59 Å². The summed E-state index contributed by atoms with van der Waals surface area (Å²) >= 11 is 0. The lowest BCUT2D eigenvalue weighted by Gasteiger charge is -2.62. The molecule has 0 saturated heterocycles. The minimum Gasteiger partial charge on any atom is -0.393 e. The number of carbonyl (C=O) groups excluding carboxylic acids is 2. The maximum atomic E-state index is 12.6. The molecule has 0 radical (unpaired) electrons. The molecule has 8 atom stereocenters. The Bertz CT molecular complexity index is 858. The summed E-state index contributed by atoms with van der Waals surface area (Å²) in [7, 11) is 0. The van der Waals surface area contributed by atoms with Gasteiger partial charge in [0.2, 0.25) is 0 Å². The molecule has 3 saturated carbocycles. The number of rotatable bonds is 6. The number of hydrogen-bond donors (Lipinski definition) is 3. The largest absolute Gasteiger partial charge is 0.393 e. The van der Waals surface area contributed by atoms with Crippen molar-refractivity contribution in [1.29, 1.82) is 0 Å². The van der Waals surface area contributed by atoms with Gasteiger partial charge in [0.05, 0.1) is 6.10 Å². The molecule has 0 heterocycles. The van der Waals surface area contributed by atoms with Crippen LogP contribution < -0.4 is 0 Å². The van der Waals surface area contributed by atoms with E-state index in [0.717, 1.165) is 49.7 Å². The molecule has 1 unspecified atom stereocenters. The van der Waals surface area contributed by atoms with Crippen molar-refractivity contribution in [2.75, 3.05) is 6.61 Å². The van der Waals surface area contributed by atoms with Gasteiger partial charge in [-0.05, 0) is 68.4 Å². The molecular formula is C27H40O5. The van der Waals surface area contributed by atoms with Crippen molar-refractivity contribution in [1.82, 2.24) is 0 Å². The van der Waals surface area contributed by atoms with Crippen LogP contribution in [-0.4, -0.2) is 45.2 Å². The van der Waals surface area contributed by atoms with Gasteiger partial charge in [-0.25, -0.2) is 0 Å². The van der Waals surface area contributed by atoms with Crippen LogP contribution in [0.25, 0.3) is 0 Å². The molecule has 4 aliphatic carbocycles. The van der Waals surface area contributed by atoms with Gasteiger partial charge < -0.3 is 15.3 Å². The Labute approximate surface area is 192 Å². The molecule has 0 amide bonds. The standard InChI is InChI=1S/C27H40O5/c1-5-6-7-8-17-12-18(29)13-21-16(2)11-19-20-9-10-27(32,23(31)15-28)25(20,3)14-22(30)24(19)26(17,21)4/h12-13,16,19-20,22,24,28,30,32H,5-11,14-15H2,1-4H3/t16-,19-,20-,22?,24+,25-,26-,27+/m0/s1. The van der Waals surface area contributed by atoms with Crippen molar-refractivity contribution in [2.45, 2.75) is 90.8 Å². The second kappa shape index (κ2) is 8.18. The molecule has 5 nitrogen and oxygen atoms in total. The van der Waals surface area contributed by atoms with Crippen molar-refractivity contribution in [2.24, 2.45) is 34.5 Å². The van der Waals surface area contributed by atoms with E-state index in [1.807, 2.05) is 19.1 Å². The van der Waals surface area contributed by atoms with Crippen molar-refractivity contribution in [3.63, 3.8) is 0 Å². The van der Waals surface area contributed by atoms with Crippen LogP contribution in [0.2, 0.25) is 0 Å². The van der Waals surface area contributed by atoms with Crippen LogP contribution in [0.5, 0.6) is 0 Å². The Kier molecular flexibility index (Phi) is 6.09. The first kappa shape index (κ1) is 23.8. The quantitative estimate of drug-likeness (QED) is 0.542. The zero-order chi connectivity index (χ0) is 23.5. The fourth-order valence-electron chi connectivity index (χ4n) is 8.44. The normalized spacial score (nSPS) is 45.5. The zero-order valence-electron chi connectivity index (χ0n) is 20.1. The van der Waals surface area contributed by atoms with E-state index >= 15 is 0 Å². The molecule has 3 N–H and O–H groups in total. The van der Waals surface area contributed by atoms with Crippen molar-refractivity contribution < 1.29 is 24.9 Å². The highest BCUT2D eigenvalue weighted by atomic mass is 16.3. The Morgan fingerprint density at radius 2 is 1.94 bits per heavy atom. The predicted octanol–water partition coefficient (Wildman–Crippen LogP) is 3.75. The van der Waals surface area contributed by atoms with Gasteiger partial charge in [0.25, 0.3) is 0 Å². The van der Waals surface area contributed by atoms with Crippen LogP contribution in [0.3, 0.4) is 0 Å². The number of ketones is 2. The summed E-state index contributed by atoms with van der Waals surface area (Å²) in [5.74, 6) is -0.0243. The van der Waals surface area contributed by atoms with Gasteiger partial charge >= 0.3 is 0 Å². The van der Waals surface area contributed by atoms with E-state index < -0.39 is 29.5 Å². The third kappa shape index (κ3) is 3.14. The summed E-state index contributed by atoms with van der Waals surface area (Å²) in [4.78, 5) is 25.2. The second-order valence-electron chi connectivity index (χ2n) is 11.4. The molecule has 0 bridgehead atoms. The average molecular weight is 445 g/mol. The highest BCUT2D eigenvalue weighted by Gasteiger charge is 2.69. The molecular weight excluding hydrogens is 404 g/mol. The smallest absolute Gasteiger partial charge is 0.190 e. The number of hydrogen-bond acceptors (Lipinski definition) is 5. The van der Waals surface area contributed by atoms with Crippen molar-refractivity contribution in [3.05, 3.63) is 23.3 Å². The van der Waals surface area contributed by atoms with Crippen LogP contribution in [0.4, 0.5) is 0 Å². The summed E-state index contributed by atoms with van der Waals surface area (Å²) in [6, 6.07) is 0. The number of unbranched alkanes of at least 4 members (excludes halogenated alkanes) is 2. The Morgan fingerprint density at radius 1 is 1.22 bits per heavy atom. The van der Waals surface area contributed by atoms with Crippen molar-refractivity contribution >= 4 is 11.6 Å². The first-order chi connectivity index (χ1) is 15.0. The van der Waals surface area contributed by atoms with Gasteiger partial charge in [0.15, 0.2) is 11.6 Å². The van der Waals surface area contributed by atoms with Crippen LogP contribution >= 0.6 is 0 Å². The first-order valence-electron chi connectivity index (χ1n) is 12.6. The van der Waals surface area contributed by atoms with Crippen LogP contribution in [0, 0.1) is 34.5 Å². The number of aliphatic hydroxyl groups is 3. The van der Waals surface area contributed by atoms with E-state index in [0.29, 0.717) is 12.8 Å². The van der Waals surface area contributed by atoms with Crippen LogP contribution in [0.1, 0.15) is 79.1 Å². The Balaban J connectivity index is 1.76. The van der Waals surface area contributed by atoms with E-state index in [-0.39, 0.29) is 34.9 Å². The molecule has 0 aromatic heterocycles. The first-order valence-corrected chi connectivity index (χ1v) is 12.6. The summed E-state index contributed by atoms with van der Waals surface area (Å²) in [5.41, 5.74) is -0.397. The lowest BCUT2D eigenvalue weighted by Crippen LogP contribution is -2.63. The summed E-state index contributed by atoms with van der Waals surface area (Å²) in [6.07, 6.45) is 9.33. The molecule has 0 spiro atoms. The summed E-state index contributed by atoms with van der Waals surface area (Å²) in [5, 5.41) is 32.6. The van der Waals surface area contributed by atoms with E-state index in [4.69, 9.17) is 0 Å². The lowest BCUT2D eigenvalue weighted by molar-refractivity contribution is -0.181. The van der Waals surface area contributed by atoms with Crippen molar-refractivity contribution in [3.8, 4) is 0 Å². The maximum absolute atomic E-state index is 12.6. The predicted molar refractivity (Wildman–Crippen MR) is 123 cm³/mol. The second-order valence-corrected chi connectivity index (χ2v) is 11.4. The van der Waals surface area contributed by atoms with Crippen LogP contribution in [-0.2, 0) is 9.59 Å². The lowest BCUT2D eigenvalue weighted by atomic mass is 9.43. The molecule has 3 fully saturated rings. The van der Waals surface area contributed by atoms with E-state index in [1.165, 1.54) is 0 Å². The van der Waals surface area contributed by atoms with Crippen LogP contribution in [0.15, 0.2) is 23.3 Å². The number of carbonyl (C=O) groups is 2. The number of allylic oxidation sites excluding steroid dienone is 4. The molecule has 5 heteroatoms. The minimum absolute atomic E-state index is 0.0319. The highest BCUT2D eigenvalue weighted by Crippen LogP contribution is 2.69. The monoisotopic (exact) mass is 444 g/mol. The maximum Gasteiger partial charge on any atom is 0.190 e. The molecule has 0 aliphatic heterocycles. The average Bonchev–Trinajstić information content (AvgIpc) is 3.00. The Hall–Kier alpha value is -1.30. The Morgan fingerprint density at radius 3 is 2.59 bits per heavy atom. The third-order valence-corrected chi connectivity index (χ3v) is 9.96. The zero-order valence-corrected chi connectivity index (χ0v) is 20.1. The number of Topliss-reactive ketones (excluding diaryl/α,β-unsaturated/α-hetero) is 1. The topological polar surface area (TPSA) is 94.8 Å². The molecule has 0 aromatic carbocycles. The minimum atomic E-state index is -1.58. The fourth-order valence-corrected chi connectivity index (χ4v) is 8.44. The molecule has 178 valence electrons. The molecule has 0 aromatic rings. The van der Waals surface area contributed by atoms with Gasteiger partial charge in [0, 0.05) is 16.7 Å². The van der Waals surface area contributed by atoms with E-state index in [9.17, 15) is 24.9 Å². The molecule has 4 rings (SSSR count).